The summed E-state index contributed by atoms with van der Waals surface area (Å²) in [7, 11) is 0. The second-order valence-electron chi connectivity index (χ2n) is 4.30. The monoisotopic (exact) mass is 253 g/mol. The first-order valence-corrected chi connectivity index (χ1v) is 5.79. The molecule has 0 spiro atoms. The molecule has 4 heteroatoms. The molecule has 0 radical (unpaired) electrons. The van der Waals surface area contributed by atoms with Crippen LogP contribution < -0.4 is 10.7 Å². The van der Waals surface area contributed by atoms with E-state index in [0.717, 1.165) is 10.8 Å². The molecule has 4 nitrogen and oxygen atoms in total. The van der Waals surface area contributed by atoms with Gasteiger partial charge in [-0.05, 0) is 22.4 Å². The number of carboxylic acids is 1. The van der Waals surface area contributed by atoms with Crippen molar-refractivity contribution in [2.75, 3.05) is 0 Å². The molecule has 0 amide bonds. The molecule has 3 aromatic rings. The van der Waals surface area contributed by atoms with Crippen molar-refractivity contribution in [3.8, 4) is 0 Å². The normalized spacial score (nSPS) is 10.9. The minimum Gasteiger partial charge on any atom is -0.550 e. The van der Waals surface area contributed by atoms with Crippen LogP contribution in [0.5, 0.6) is 0 Å². The molecule has 2 aromatic carbocycles. The van der Waals surface area contributed by atoms with Crippen LogP contribution in [-0.4, -0.2) is 5.97 Å². The molecule has 94 valence electrons. The third-order valence-corrected chi connectivity index (χ3v) is 3.05. The summed E-state index contributed by atoms with van der Waals surface area (Å²) in [5.41, 5.74) is 0.254. The van der Waals surface area contributed by atoms with Gasteiger partial charge in [-0.3, -0.25) is 0 Å². The summed E-state index contributed by atoms with van der Waals surface area (Å²) in [5.74, 6) is -1.22. The lowest BCUT2D eigenvalue weighted by Gasteiger charge is -2.09. The van der Waals surface area contributed by atoms with Gasteiger partial charge in [0.15, 0.2) is 0 Å². The van der Waals surface area contributed by atoms with Crippen molar-refractivity contribution >= 4 is 27.7 Å². The first-order valence-electron chi connectivity index (χ1n) is 5.79. The number of hydrogen-bond acceptors (Lipinski definition) is 4. The third kappa shape index (κ3) is 1.97. The summed E-state index contributed by atoms with van der Waals surface area (Å²) in [6, 6.07) is 12.3. The molecule has 0 bridgehead atoms. The van der Waals surface area contributed by atoms with E-state index in [9.17, 15) is 14.7 Å². The highest BCUT2D eigenvalue weighted by Gasteiger charge is 2.09. The van der Waals surface area contributed by atoms with Gasteiger partial charge in [-0.2, -0.15) is 0 Å². The molecular formula is C15H9O4-. The molecule has 0 aliphatic carbocycles. The summed E-state index contributed by atoms with van der Waals surface area (Å²) in [4.78, 5) is 22.3. The minimum absolute atomic E-state index is 0.309. The Labute approximate surface area is 107 Å². The number of hydrogen-bond donors (Lipinski definition) is 0. The lowest BCUT2D eigenvalue weighted by Crippen LogP contribution is -2.25. The van der Waals surface area contributed by atoms with Gasteiger partial charge in [0.05, 0.1) is 0 Å². The number of benzene rings is 2. The van der Waals surface area contributed by atoms with Gasteiger partial charge >= 0.3 is 5.63 Å². The van der Waals surface area contributed by atoms with Crippen LogP contribution >= 0.6 is 0 Å². The average Bonchev–Trinajstić information content (AvgIpc) is 2.37. The van der Waals surface area contributed by atoms with Crippen LogP contribution in [0.25, 0.3) is 21.7 Å². The summed E-state index contributed by atoms with van der Waals surface area (Å²) >= 11 is 0. The number of fused-ring (bicyclic) bond motifs is 3. The van der Waals surface area contributed by atoms with Gasteiger partial charge < -0.3 is 14.3 Å². The van der Waals surface area contributed by atoms with Crippen LogP contribution in [0.1, 0.15) is 5.56 Å². The molecule has 0 saturated carbocycles. The molecule has 0 atom stereocenters. The fraction of sp³-hybridized carbons (Fsp3) is 0.0667. The summed E-state index contributed by atoms with van der Waals surface area (Å²) in [6.45, 7) is 0. The summed E-state index contributed by atoms with van der Waals surface area (Å²) in [6.07, 6.45) is -0.309. The molecule has 0 aliphatic heterocycles. The van der Waals surface area contributed by atoms with E-state index in [1.165, 1.54) is 6.07 Å². The lowest BCUT2D eigenvalue weighted by molar-refractivity contribution is -0.304. The van der Waals surface area contributed by atoms with Gasteiger partial charge in [0.25, 0.3) is 0 Å². The molecule has 1 heterocycles. The van der Waals surface area contributed by atoms with Crippen molar-refractivity contribution in [3.05, 3.63) is 58.4 Å². The molecule has 3 rings (SSSR count). The van der Waals surface area contributed by atoms with Gasteiger partial charge in [-0.15, -0.1) is 0 Å². The van der Waals surface area contributed by atoms with Crippen molar-refractivity contribution in [1.29, 1.82) is 0 Å². The maximum atomic E-state index is 11.4. The van der Waals surface area contributed by atoms with E-state index >= 15 is 0 Å². The average molecular weight is 253 g/mol. The van der Waals surface area contributed by atoms with E-state index < -0.39 is 11.6 Å². The molecule has 0 saturated heterocycles. The molecule has 19 heavy (non-hydrogen) atoms. The van der Waals surface area contributed by atoms with E-state index in [2.05, 4.69) is 0 Å². The Morgan fingerprint density at radius 3 is 2.74 bits per heavy atom. The predicted octanol–water partition coefficient (Wildman–Crippen LogP) is 1.24. The first kappa shape index (κ1) is 11.5. The fourth-order valence-corrected chi connectivity index (χ4v) is 2.32. The highest BCUT2D eigenvalue weighted by Crippen LogP contribution is 2.27. The number of carbonyl (C=O) groups excluding carboxylic acids is 1. The van der Waals surface area contributed by atoms with Crippen LogP contribution in [0.2, 0.25) is 0 Å². The van der Waals surface area contributed by atoms with Gasteiger partial charge in [0.1, 0.15) is 5.58 Å². The van der Waals surface area contributed by atoms with Crippen LogP contribution in [0.15, 0.2) is 51.7 Å². The quantitative estimate of drug-likeness (QED) is 0.509. The van der Waals surface area contributed by atoms with E-state index in [-0.39, 0.29) is 6.42 Å². The molecule has 0 aliphatic rings. The van der Waals surface area contributed by atoms with Crippen molar-refractivity contribution in [3.63, 3.8) is 0 Å². The molecule has 0 N–H and O–H groups in total. The smallest absolute Gasteiger partial charge is 0.336 e. The lowest BCUT2D eigenvalue weighted by atomic mass is 10.0. The minimum atomic E-state index is -1.22. The van der Waals surface area contributed by atoms with E-state index in [1.54, 1.807) is 6.07 Å². The van der Waals surface area contributed by atoms with Gasteiger partial charge in [-0.25, -0.2) is 4.79 Å². The summed E-state index contributed by atoms with van der Waals surface area (Å²) < 4.78 is 5.12. The third-order valence-electron chi connectivity index (χ3n) is 3.05. The molecule has 0 fully saturated rings. The predicted molar refractivity (Wildman–Crippen MR) is 68.7 cm³/mol. The number of aliphatic carboxylic acids is 1. The molecule has 1 aromatic heterocycles. The van der Waals surface area contributed by atoms with E-state index in [4.69, 9.17) is 4.42 Å². The highest BCUT2D eigenvalue weighted by atomic mass is 16.4. The first-order chi connectivity index (χ1) is 9.15. The molecule has 0 unspecified atom stereocenters. The largest absolute Gasteiger partial charge is 0.550 e. The Kier molecular flexibility index (Phi) is 2.56. The van der Waals surface area contributed by atoms with Crippen molar-refractivity contribution < 1.29 is 14.3 Å². The van der Waals surface area contributed by atoms with Crippen molar-refractivity contribution in [2.24, 2.45) is 0 Å². The standard InChI is InChI=1S/C15H10O4/c16-13(17)7-10-8-14(18)19-12-6-5-9-3-1-2-4-11(9)15(10)12/h1-6,8H,7H2,(H,16,17)/p-1. The maximum absolute atomic E-state index is 11.4. The Bertz CT molecular complexity index is 846. The Balaban J connectivity index is 2.48. The number of carbonyl (C=O) groups is 1. The zero-order valence-corrected chi connectivity index (χ0v) is 9.88. The van der Waals surface area contributed by atoms with Gasteiger partial charge in [-0.1, -0.05) is 30.3 Å². The fourth-order valence-electron chi connectivity index (χ4n) is 2.32. The van der Waals surface area contributed by atoms with Crippen LogP contribution in [0, 0.1) is 0 Å². The highest BCUT2D eigenvalue weighted by molar-refractivity contribution is 6.07. The Hall–Kier alpha value is -2.62. The van der Waals surface area contributed by atoms with E-state index in [1.807, 2.05) is 30.3 Å². The topological polar surface area (TPSA) is 70.3 Å². The second kappa shape index (κ2) is 4.24. The van der Waals surface area contributed by atoms with Crippen LogP contribution in [0.4, 0.5) is 0 Å². The van der Waals surface area contributed by atoms with Gasteiger partial charge in [0.2, 0.25) is 0 Å². The zero-order chi connectivity index (χ0) is 13.4. The zero-order valence-electron chi connectivity index (χ0n) is 9.88. The summed E-state index contributed by atoms with van der Waals surface area (Å²) in [5, 5.41) is 13.3. The van der Waals surface area contributed by atoms with E-state index in [0.29, 0.717) is 16.5 Å². The number of rotatable bonds is 2. The molecular weight excluding hydrogens is 244 g/mol. The Morgan fingerprint density at radius 2 is 1.95 bits per heavy atom. The van der Waals surface area contributed by atoms with Crippen LogP contribution in [-0.2, 0) is 11.2 Å². The van der Waals surface area contributed by atoms with Crippen LogP contribution in [0.3, 0.4) is 0 Å². The number of carboxylic acid groups (broad SMARTS) is 1. The second-order valence-corrected chi connectivity index (χ2v) is 4.30. The van der Waals surface area contributed by atoms with Crippen molar-refractivity contribution in [2.45, 2.75) is 6.42 Å². The maximum Gasteiger partial charge on any atom is 0.336 e. The Morgan fingerprint density at radius 1 is 1.16 bits per heavy atom. The van der Waals surface area contributed by atoms with Crippen molar-refractivity contribution in [1.82, 2.24) is 0 Å². The van der Waals surface area contributed by atoms with Gasteiger partial charge in [0, 0.05) is 23.8 Å². The SMILES string of the molecule is O=C([O-])Cc1cc(=O)oc2ccc3ccccc3c12.